The number of benzene rings is 3. The van der Waals surface area contributed by atoms with Crippen LogP contribution in [0.4, 0.5) is 20.2 Å². The van der Waals surface area contributed by atoms with Crippen LogP contribution >= 0.6 is 0 Å². The summed E-state index contributed by atoms with van der Waals surface area (Å²) >= 11 is 0. The summed E-state index contributed by atoms with van der Waals surface area (Å²) in [7, 11) is 0. The van der Waals surface area contributed by atoms with E-state index in [4.69, 9.17) is 0 Å². The predicted molar refractivity (Wildman–Crippen MR) is 141 cm³/mol. The standard InChI is InChI=1S/C30H31F2N3O2/c1-20-9-7-13-25(32)27(20)30(37)35-18-8-12-23(28(35)21-10-3-2-4-11-21)29(36)33-22-14-15-24(31)26(19-22)34-16-5-6-17-34/h2-4,7,9-11,13-15,19,23,28H,5-6,8,12,16-18H2,1H3,(H,33,36). The zero-order valence-corrected chi connectivity index (χ0v) is 20.9. The third kappa shape index (κ3) is 5.08. The topological polar surface area (TPSA) is 52.7 Å². The lowest BCUT2D eigenvalue weighted by Gasteiger charge is -2.41. The fourth-order valence-electron chi connectivity index (χ4n) is 5.63. The van der Waals surface area contributed by atoms with Gasteiger partial charge in [0, 0.05) is 25.3 Å². The average molecular weight is 504 g/mol. The van der Waals surface area contributed by atoms with Gasteiger partial charge in [-0.15, -0.1) is 0 Å². The van der Waals surface area contributed by atoms with Gasteiger partial charge in [-0.25, -0.2) is 8.78 Å². The van der Waals surface area contributed by atoms with E-state index in [9.17, 15) is 18.4 Å². The number of anilines is 2. The van der Waals surface area contributed by atoms with Gasteiger partial charge in [0.2, 0.25) is 5.91 Å². The number of carbonyl (C=O) groups excluding carboxylic acids is 2. The smallest absolute Gasteiger partial charge is 0.257 e. The minimum atomic E-state index is -0.566. The minimum Gasteiger partial charge on any atom is -0.369 e. The van der Waals surface area contributed by atoms with Gasteiger partial charge in [0.25, 0.3) is 5.91 Å². The second-order valence-electron chi connectivity index (χ2n) is 9.88. The van der Waals surface area contributed by atoms with E-state index in [2.05, 4.69) is 5.32 Å². The highest BCUT2D eigenvalue weighted by atomic mass is 19.1. The number of hydrogen-bond acceptors (Lipinski definition) is 3. The maximum absolute atomic E-state index is 14.8. The van der Waals surface area contributed by atoms with Crippen molar-refractivity contribution in [3.05, 3.63) is 95.1 Å². The molecule has 7 heteroatoms. The van der Waals surface area contributed by atoms with Crippen LogP contribution in [0.3, 0.4) is 0 Å². The van der Waals surface area contributed by atoms with Crippen molar-refractivity contribution in [1.29, 1.82) is 0 Å². The van der Waals surface area contributed by atoms with Crippen LogP contribution < -0.4 is 10.2 Å². The first-order chi connectivity index (χ1) is 17.9. The van der Waals surface area contributed by atoms with Gasteiger partial charge in [-0.05, 0) is 68.0 Å². The molecule has 3 aromatic carbocycles. The lowest BCUT2D eigenvalue weighted by atomic mass is 9.83. The van der Waals surface area contributed by atoms with Gasteiger partial charge in [-0.2, -0.15) is 0 Å². The van der Waals surface area contributed by atoms with Crippen LogP contribution in [0.15, 0.2) is 66.7 Å². The summed E-state index contributed by atoms with van der Waals surface area (Å²) in [6.07, 6.45) is 3.22. The minimum absolute atomic E-state index is 0.0401. The number of rotatable bonds is 5. The van der Waals surface area contributed by atoms with E-state index in [-0.39, 0.29) is 17.3 Å². The zero-order valence-electron chi connectivity index (χ0n) is 20.9. The number of hydrogen-bond donors (Lipinski definition) is 1. The molecule has 2 aliphatic rings. The molecule has 0 radical (unpaired) electrons. The molecular formula is C30H31F2N3O2. The van der Waals surface area contributed by atoms with Crippen molar-refractivity contribution in [1.82, 2.24) is 4.90 Å². The highest BCUT2D eigenvalue weighted by molar-refractivity contribution is 5.98. The lowest BCUT2D eigenvalue weighted by Crippen LogP contribution is -2.46. The molecule has 2 fully saturated rings. The number of nitrogens with one attached hydrogen (secondary N) is 1. The number of nitrogens with zero attached hydrogens (tertiary/aromatic N) is 2. The van der Waals surface area contributed by atoms with Crippen LogP contribution in [0.5, 0.6) is 0 Å². The Morgan fingerprint density at radius 2 is 1.62 bits per heavy atom. The number of carbonyl (C=O) groups is 2. The van der Waals surface area contributed by atoms with Crippen LogP contribution in [0.25, 0.3) is 0 Å². The van der Waals surface area contributed by atoms with E-state index in [0.29, 0.717) is 36.3 Å². The van der Waals surface area contributed by atoms with Crippen molar-refractivity contribution in [3.63, 3.8) is 0 Å². The van der Waals surface area contributed by atoms with Crippen LogP contribution in [0.1, 0.15) is 53.2 Å². The Hall–Kier alpha value is -3.74. The molecule has 5 rings (SSSR count). The fourth-order valence-corrected chi connectivity index (χ4v) is 5.63. The van der Waals surface area contributed by atoms with Crippen LogP contribution in [-0.2, 0) is 4.79 Å². The van der Waals surface area contributed by atoms with Gasteiger partial charge in [0.15, 0.2) is 0 Å². The van der Waals surface area contributed by atoms with E-state index in [1.165, 1.54) is 12.1 Å². The molecule has 0 saturated carbocycles. The van der Waals surface area contributed by atoms with Crippen molar-refractivity contribution in [3.8, 4) is 0 Å². The number of likely N-dealkylation sites (tertiary alicyclic amines) is 1. The maximum Gasteiger partial charge on any atom is 0.257 e. The molecule has 0 aliphatic carbocycles. The molecular weight excluding hydrogens is 472 g/mol. The average Bonchev–Trinajstić information content (AvgIpc) is 3.44. The Morgan fingerprint density at radius 3 is 2.35 bits per heavy atom. The predicted octanol–water partition coefficient (Wildman–Crippen LogP) is 6.11. The number of piperidine rings is 1. The molecule has 2 aliphatic heterocycles. The molecule has 5 nitrogen and oxygen atoms in total. The monoisotopic (exact) mass is 503 g/mol. The molecule has 2 heterocycles. The van der Waals surface area contributed by atoms with E-state index < -0.39 is 23.7 Å². The van der Waals surface area contributed by atoms with Crippen molar-refractivity contribution >= 4 is 23.2 Å². The Bertz CT molecular complexity index is 1270. The summed E-state index contributed by atoms with van der Waals surface area (Å²) in [6.45, 7) is 3.72. The first-order valence-electron chi connectivity index (χ1n) is 12.9. The molecule has 0 bridgehead atoms. The summed E-state index contributed by atoms with van der Waals surface area (Å²) in [5.74, 6) is -2.08. The molecule has 3 aromatic rings. The molecule has 2 unspecified atom stereocenters. The Kier molecular flexibility index (Phi) is 7.22. The Morgan fingerprint density at radius 1 is 0.865 bits per heavy atom. The molecule has 2 atom stereocenters. The van der Waals surface area contributed by atoms with Gasteiger partial charge < -0.3 is 15.1 Å². The summed E-state index contributed by atoms with van der Waals surface area (Å²) in [6, 6.07) is 18.1. The maximum atomic E-state index is 14.8. The first kappa shape index (κ1) is 24.9. The second kappa shape index (κ2) is 10.7. The molecule has 192 valence electrons. The summed E-state index contributed by atoms with van der Waals surface area (Å²) in [4.78, 5) is 31.0. The summed E-state index contributed by atoms with van der Waals surface area (Å²) in [5.41, 5.74) is 2.43. The van der Waals surface area contributed by atoms with E-state index >= 15 is 0 Å². The van der Waals surface area contributed by atoms with Gasteiger partial charge >= 0.3 is 0 Å². The quantitative estimate of drug-likeness (QED) is 0.457. The summed E-state index contributed by atoms with van der Waals surface area (Å²) in [5, 5.41) is 2.98. The third-order valence-corrected chi connectivity index (χ3v) is 7.47. The normalized spacial score (nSPS) is 19.6. The molecule has 37 heavy (non-hydrogen) atoms. The van der Waals surface area contributed by atoms with Crippen molar-refractivity contribution < 1.29 is 18.4 Å². The lowest BCUT2D eigenvalue weighted by molar-refractivity contribution is -0.123. The number of aryl methyl sites for hydroxylation is 1. The van der Waals surface area contributed by atoms with Crippen molar-refractivity contribution in [2.24, 2.45) is 5.92 Å². The van der Waals surface area contributed by atoms with Crippen LogP contribution in [0.2, 0.25) is 0 Å². The van der Waals surface area contributed by atoms with Crippen molar-refractivity contribution in [2.75, 3.05) is 29.9 Å². The van der Waals surface area contributed by atoms with Crippen LogP contribution in [-0.4, -0.2) is 36.3 Å². The largest absolute Gasteiger partial charge is 0.369 e. The second-order valence-corrected chi connectivity index (χ2v) is 9.88. The zero-order chi connectivity index (χ0) is 25.9. The molecule has 0 spiro atoms. The van der Waals surface area contributed by atoms with E-state index in [1.807, 2.05) is 35.2 Å². The molecule has 0 aromatic heterocycles. The van der Waals surface area contributed by atoms with Gasteiger partial charge in [0.1, 0.15) is 11.6 Å². The molecule has 2 amide bonds. The third-order valence-electron chi connectivity index (χ3n) is 7.47. The first-order valence-corrected chi connectivity index (χ1v) is 12.9. The number of amides is 2. The summed E-state index contributed by atoms with van der Waals surface area (Å²) < 4.78 is 29.3. The molecule has 1 N–H and O–H groups in total. The van der Waals surface area contributed by atoms with Gasteiger partial charge in [-0.3, -0.25) is 9.59 Å². The highest BCUT2D eigenvalue weighted by Crippen LogP contribution is 2.38. The van der Waals surface area contributed by atoms with E-state index in [1.54, 1.807) is 36.1 Å². The fraction of sp³-hybridized carbons (Fsp3) is 0.333. The Labute approximate surface area is 216 Å². The highest BCUT2D eigenvalue weighted by Gasteiger charge is 2.40. The van der Waals surface area contributed by atoms with Gasteiger partial charge in [0.05, 0.1) is 23.2 Å². The van der Waals surface area contributed by atoms with E-state index in [0.717, 1.165) is 31.5 Å². The molecule has 2 saturated heterocycles. The van der Waals surface area contributed by atoms with Crippen LogP contribution in [0, 0.1) is 24.5 Å². The van der Waals surface area contributed by atoms with Crippen molar-refractivity contribution in [2.45, 2.75) is 38.6 Å². The Balaban J connectivity index is 1.46. The van der Waals surface area contributed by atoms with Gasteiger partial charge in [-0.1, -0.05) is 42.5 Å². The number of halogens is 2. The SMILES string of the molecule is Cc1cccc(F)c1C(=O)N1CCCC(C(=O)Nc2ccc(F)c(N3CCCC3)c2)C1c1ccccc1.